The second kappa shape index (κ2) is 4.96. The lowest BCUT2D eigenvalue weighted by Gasteiger charge is -2.36. The Morgan fingerprint density at radius 3 is 2.15 bits per heavy atom. The van der Waals surface area contributed by atoms with E-state index in [4.69, 9.17) is 4.74 Å². The van der Waals surface area contributed by atoms with Crippen molar-refractivity contribution in [2.24, 2.45) is 0 Å². The van der Waals surface area contributed by atoms with E-state index in [0.717, 1.165) is 12.8 Å². The second-order valence-electron chi connectivity index (χ2n) is 5.22. The molecule has 0 aromatic carbocycles. The SMILES string of the molecule is CC=CCOC[Si](C)(C)C(C)(C)C. The fourth-order valence-corrected chi connectivity index (χ4v) is 1.76. The van der Waals surface area contributed by atoms with Crippen LogP contribution in [0.2, 0.25) is 18.1 Å². The van der Waals surface area contributed by atoms with Crippen molar-refractivity contribution in [2.75, 3.05) is 12.8 Å². The summed E-state index contributed by atoms with van der Waals surface area (Å²) >= 11 is 0. The number of ether oxygens (including phenoxy) is 1. The van der Waals surface area contributed by atoms with Crippen molar-refractivity contribution in [1.82, 2.24) is 0 Å². The van der Waals surface area contributed by atoms with Gasteiger partial charge in [-0.05, 0) is 12.0 Å². The molecule has 0 fully saturated rings. The first kappa shape index (κ1) is 12.9. The van der Waals surface area contributed by atoms with Crippen LogP contribution in [0.1, 0.15) is 27.7 Å². The van der Waals surface area contributed by atoms with E-state index in [9.17, 15) is 0 Å². The molecule has 0 heterocycles. The molecule has 0 saturated carbocycles. The Bertz CT molecular complexity index is 165. The van der Waals surface area contributed by atoms with E-state index in [1.165, 1.54) is 0 Å². The molecule has 1 nitrogen and oxygen atoms in total. The summed E-state index contributed by atoms with van der Waals surface area (Å²) in [5.41, 5.74) is 0. The van der Waals surface area contributed by atoms with Crippen molar-refractivity contribution in [3.05, 3.63) is 12.2 Å². The van der Waals surface area contributed by atoms with E-state index in [1.807, 2.05) is 13.0 Å². The number of allylic oxidation sites excluding steroid dienone is 1. The van der Waals surface area contributed by atoms with Gasteiger partial charge >= 0.3 is 0 Å². The average Bonchev–Trinajstić information content (AvgIpc) is 1.96. The van der Waals surface area contributed by atoms with Crippen molar-refractivity contribution in [3.63, 3.8) is 0 Å². The number of hydrogen-bond donors (Lipinski definition) is 0. The largest absolute Gasteiger partial charge is 0.381 e. The predicted octanol–water partition coefficient (Wildman–Crippen LogP) is 3.63. The van der Waals surface area contributed by atoms with Gasteiger partial charge in [-0.3, -0.25) is 0 Å². The van der Waals surface area contributed by atoms with E-state index in [1.54, 1.807) is 0 Å². The van der Waals surface area contributed by atoms with Gasteiger partial charge in [-0.15, -0.1) is 0 Å². The highest BCUT2D eigenvalue weighted by Gasteiger charge is 2.35. The Morgan fingerprint density at radius 2 is 1.77 bits per heavy atom. The lowest BCUT2D eigenvalue weighted by Crippen LogP contribution is -2.42. The molecule has 2 heteroatoms. The van der Waals surface area contributed by atoms with E-state index in [-0.39, 0.29) is 0 Å². The smallest absolute Gasteiger partial charge is 0.0829 e. The molecule has 0 bridgehead atoms. The van der Waals surface area contributed by atoms with Gasteiger partial charge in [0.2, 0.25) is 0 Å². The van der Waals surface area contributed by atoms with E-state index >= 15 is 0 Å². The van der Waals surface area contributed by atoms with Crippen LogP contribution in [0.3, 0.4) is 0 Å². The average molecular weight is 200 g/mol. The Hall–Kier alpha value is -0.0831. The number of rotatable bonds is 4. The maximum absolute atomic E-state index is 5.64. The van der Waals surface area contributed by atoms with Gasteiger partial charge in [-0.25, -0.2) is 0 Å². The molecule has 0 spiro atoms. The summed E-state index contributed by atoms with van der Waals surface area (Å²) in [7, 11) is -1.21. The summed E-state index contributed by atoms with van der Waals surface area (Å²) < 4.78 is 5.64. The summed E-state index contributed by atoms with van der Waals surface area (Å²) in [4.78, 5) is 0. The molecule has 78 valence electrons. The van der Waals surface area contributed by atoms with Crippen LogP contribution in [-0.4, -0.2) is 20.9 Å². The third kappa shape index (κ3) is 4.63. The van der Waals surface area contributed by atoms with Gasteiger partial charge in [0.15, 0.2) is 0 Å². The van der Waals surface area contributed by atoms with Crippen LogP contribution in [0.15, 0.2) is 12.2 Å². The Morgan fingerprint density at radius 1 is 1.23 bits per heavy atom. The molecule has 0 aliphatic heterocycles. The first-order valence-electron chi connectivity index (χ1n) is 5.00. The summed E-state index contributed by atoms with van der Waals surface area (Å²) in [6, 6.07) is 0. The highest BCUT2D eigenvalue weighted by molar-refractivity contribution is 6.80. The van der Waals surface area contributed by atoms with Crippen molar-refractivity contribution in [3.8, 4) is 0 Å². The highest BCUT2D eigenvalue weighted by Crippen LogP contribution is 2.35. The minimum atomic E-state index is -1.21. The highest BCUT2D eigenvalue weighted by atomic mass is 28.3. The molecule has 0 amide bonds. The van der Waals surface area contributed by atoms with Crippen LogP contribution in [0.4, 0.5) is 0 Å². The van der Waals surface area contributed by atoms with Gasteiger partial charge in [0.1, 0.15) is 0 Å². The zero-order valence-electron chi connectivity index (χ0n) is 9.98. The van der Waals surface area contributed by atoms with Gasteiger partial charge in [-0.2, -0.15) is 0 Å². The Balaban J connectivity index is 3.90. The van der Waals surface area contributed by atoms with Gasteiger partial charge in [0.25, 0.3) is 0 Å². The third-order valence-corrected chi connectivity index (χ3v) is 7.93. The van der Waals surface area contributed by atoms with Crippen molar-refractivity contribution < 1.29 is 4.74 Å². The first-order chi connectivity index (χ1) is 5.81. The molecule has 0 atom stereocenters. The fraction of sp³-hybridized carbons (Fsp3) is 0.818. The van der Waals surface area contributed by atoms with Crippen molar-refractivity contribution in [1.29, 1.82) is 0 Å². The zero-order chi connectivity index (χ0) is 10.5. The van der Waals surface area contributed by atoms with Crippen LogP contribution in [-0.2, 0) is 4.74 Å². The van der Waals surface area contributed by atoms with Gasteiger partial charge < -0.3 is 4.74 Å². The maximum Gasteiger partial charge on any atom is 0.0829 e. The standard InChI is InChI=1S/C11H24OSi/c1-7-8-9-12-10-13(5,6)11(2,3)4/h7-8H,9-10H2,1-6H3. The van der Waals surface area contributed by atoms with Crippen molar-refractivity contribution >= 4 is 8.07 Å². The summed E-state index contributed by atoms with van der Waals surface area (Å²) in [5, 5.41) is 0.433. The van der Waals surface area contributed by atoms with Crippen LogP contribution in [0.5, 0.6) is 0 Å². The van der Waals surface area contributed by atoms with Gasteiger partial charge in [0, 0.05) is 6.23 Å². The van der Waals surface area contributed by atoms with Crippen LogP contribution < -0.4 is 0 Å². The first-order valence-corrected chi connectivity index (χ1v) is 8.21. The molecule has 13 heavy (non-hydrogen) atoms. The van der Waals surface area contributed by atoms with Gasteiger partial charge in [-0.1, -0.05) is 46.0 Å². The van der Waals surface area contributed by atoms with E-state index in [0.29, 0.717) is 5.04 Å². The van der Waals surface area contributed by atoms with Crippen LogP contribution >= 0.6 is 0 Å². The lowest BCUT2D eigenvalue weighted by atomic mass is 10.2. The molecule has 0 radical (unpaired) electrons. The molecule has 0 aromatic rings. The maximum atomic E-state index is 5.64. The second-order valence-corrected chi connectivity index (χ2v) is 10.8. The van der Waals surface area contributed by atoms with Crippen molar-refractivity contribution in [2.45, 2.75) is 45.8 Å². The molecule has 0 rings (SSSR count). The molecule has 0 unspecified atom stereocenters. The zero-order valence-corrected chi connectivity index (χ0v) is 11.0. The third-order valence-electron chi connectivity index (χ3n) is 2.94. The molecule has 0 aromatic heterocycles. The Kier molecular flexibility index (Phi) is 4.93. The lowest BCUT2D eigenvalue weighted by molar-refractivity contribution is 0.202. The minimum Gasteiger partial charge on any atom is -0.381 e. The molecule has 0 N–H and O–H groups in total. The fourth-order valence-electron chi connectivity index (χ4n) is 0.695. The molecular weight excluding hydrogens is 176 g/mol. The normalized spacial score (nSPS) is 14.0. The minimum absolute atomic E-state index is 0.433. The summed E-state index contributed by atoms with van der Waals surface area (Å²) in [5.74, 6) is 0. The van der Waals surface area contributed by atoms with E-state index in [2.05, 4.69) is 39.9 Å². The summed E-state index contributed by atoms with van der Waals surface area (Å²) in [6.07, 6.45) is 5.06. The molecule has 0 aliphatic rings. The van der Waals surface area contributed by atoms with Crippen LogP contribution in [0, 0.1) is 0 Å². The van der Waals surface area contributed by atoms with Crippen LogP contribution in [0.25, 0.3) is 0 Å². The predicted molar refractivity (Wildman–Crippen MR) is 62.8 cm³/mol. The Labute approximate surface area is 84.2 Å². The van der Waals surface area contributed by atoms with E-state index < -0.39 is 8.07 Å². The monoisotopic (exact) mass is 200 g/mol. The number of hydrogen-bond acceptors (Lipinski definition) is 1. The van der Waals surface area contributed by atoms with Gasteiger partial charge in [0.05, 0.1) is 14.7 Å². The quantitative estimate of drug-likeness (QED) is 0.382. The molecule has 0 saturated heterocycles. The molecular formula is C11H24OSi. The molecule has 0 aliphatic carbocycles. The summed E-state index contributed by atoms with van der Waals surface area (Å²) in [6.45, 7) is 14.5. The topological polar surface area (TPSA) is 9.23 Å².